The number of rotatable bonds is 4. The lowest BCUT2D eigenvalue weighted by Crippen LogP contribution is -2.27. The number of halogens is 4. The Morgan fingerprint density at radius 3 is 2.08 bits per heavy atom. The van der Waals surface area contributed by atoms with Crippen molar-refractivity contribution in [2.75, 3.05) is 13.2 Å². The maximum atomic E-state index is 14.4. The summed E-state index contributed by atoms with van der Waals surface area (Å²) in [7, 11) is 0. The van der Waals surface area contributed by atoms with E-state index >= 15 is 0 Å². The standard InChI is InChI=1S/C19H18F4O2/c1-2-3-11-9-24-19(25-10-11)13-7-16(22)18(17(23)8-13)12-4-5-14(20)15(21)6-12/h4-8,11,19H,2-3,9-10H2,1H3. The van der Waals surface area contributed by atoms with Crippen LogP contribution in [0.25, 0.3) is 11.1 Å². The van der Waals surface area contributed by atoms with Crippen molar-refractivity contribution in [3.8, 4) is 11.1 Å². The molecule has 0 aliphatic carbocycles. The molecular weight excluding hydrogens is 336 g/mol. The highest BCUT2D eigenvalue weighted by Crippen LogP contribution is 2.33. The first kappa shape index (κ1) is 17.9. The molecule has 1 aliphatic rings. The number of ether oxygens (including phenoxy) is 2. The maximum Gasteiger partial charge on any atom is 0.184 e. The van der Waals surface area contributed by atoms with Gasteiger partial charge in [-0.3, -0.25) is 0 Å². The van der Waals surface area contributed by atoms with Crippen LogP contribution in [0.5, 0.6) is 0 Å². The van der Waals surface area contributed by atoms with Gasteiger partial charge < -0.3 is 9.47 Å². The molecule has 1 fully saturated rings. The maximum absolute atomic E-state index is 14.4. The first-order valence-electron chi connectivity index (χ1n) is 8.17. The second-order valence-corrected chi connectivity index (χ2v) is 6.14. The van der Waals surface area contributed by atoms with Crippen molar-refractivity contribution >= 4 is 0 Å². The van der Waals surface area contributed by atoms with Crippen molar-refractivity contribution < 1.29 is 27.0 Å². The molecule has 134 valence electrons. The molecule has 0 radical (unpaired) electrons. The minimum absolute atomic E-state index is 0.0751. The molecule has 25 heavy (non-hydrogen) atoms. The predicted molar refractivity (Wildman–Crippen MR) is 84.8 cm³/mol. The normalized spacial score (nSPS) is 20.7. The lowest BCUT2D eigenvalue weighted by Gasteiger charge is -2.29. The number of hydrogen-bond donors (Lipinski definition) is 0. The molecule has 0 amide bonds. The van der Waals surface area contributed by atoms with Gasteiger partial charge in [0.05, 0.1) is 18.8 Å². The van der Waals surface area contributed by atoms with Crippen molar-refractivity contribution in [1.82, 2.24) is 0 Å². The van der Waals surface area contributed by atoms with Crippen LogP contribution in [0.4, 0.5) is 17.6 Å². The molecule has 1 heterocycles. The van der Waals surface area contributed by atoms with E-state index in [4.69, 9.17) is 9.47 Å². The first-order chi connectivity index (χ1) is 12.0. The fraction of sp³-hybridized carbons (Fsp3) is 0.368. The molecule has 0 aromatic heterocycles. The van der Waals surface area contributed by atoms with Gasteiger partial charge in [0, 0.05) is 11.5 Å². The van der Waals surface area contributed by atoms with E-state index in [1.807, 2.05) is 0 Å². The van der Waals surface area contributed by atoms with Crippen LogP contribution in [0.1, 0.15) is 31.6 Å². The summed E-state index contributed by atoms with van der Waals surface area (Å²) in [5, 5.41) is 0. The lowest BCUT2D eigenvalue weighted by molar-refractivity contribution is -0.206. The lowest BCUT2D eigenvalue weighted by atomic mass is 10.0. The predicted octanol–water partition coefficient (Wildman–Crippen LogP) is 5.37. The van der Waals surface area contributed by atoms with E-state index in [0.29, 0.717) is 13.2 Å². The van der Waals surface area contributed by atoms with Gasteiger partial charge in [-0.15, -0.1) is 0 Å². The molecule has 2 nitrogen and oxygen atoms in total. The van der Waals surface area contributed by atoms with E-state index in [1.54, 1.807) is 0 Å². The van der Waals surface area contributed by atoms with Gasteiger partial charge in [-0.25, -0.2) is 17.6 Å². The zero-order valence-electron chi connectivity index (χ0n) is 13.7. The Labute approximate surface area is 143 Å². The molecule has 3 rings (SSSR count). The molecular formula is C19H18F4O2. The Hall–Kier alpha value is -1.92. The third-order valence-corrected chi connectivity index (χ3v) is 4.21. The van der Waals surface area contributed by atoms with Crippen LogP contribution in [0.2, 0.25) is 0 Å². The molecule has 1 saturated heterocycles. The topological polar surface area (TPSA) is 18.5 Å². The minimum Gasteiger partial charge on any atom is -0.348 e. The van der Waals surface area contributed by atoms with Gasteiger partial charge in [-0.2, -0.15) is 0 Å². The molecule has 2 aromatic rings. The molecule has 2 aromatic carbocycles. The molecule has 0 spiro atoms. The Bertz CT molecular complexity index is 732. The van der Waals surface area contributed by atoms with E-state index in [9.17, 15) is 17.6 Å². The fourth-order valence-electron chi connectivity index (χ4n) is 2.97. The van der Waals surface area contributed by atoms with Crippen molar-refractivity contribution in [2.24, 2.45) is 5.92 Å². The second kappa shape index (κ2) is 7.54. The smallest absolute Gasteiger partial charge is 0.184 e. The highest BCUT2D eigenvalue weighted by Gasteiger charge is 2.25. The van der Waals surface area contributed by atoms with Crippen LogP contribution in [0.15, 0.2) is 30.3 Å². The van der Waals surface area contributed by atoms with Crippen LogP contribution in [-0.4, -0.2) is 13.2 Å². The van der Waals surface area contributed by atoms with E-state index in [2.05, 4.69) is 6.92 Å². The van der Waals surface area contributed by atoms with Gasteiger partial charge in [-0.1, -0.05) is 19.4 Å². The Morgan fingerprint density at radius 1 is 0.880 bits per heavy atom. The van der Waals surface area contributed by atoms with Gasteiger partial charge in [0.2, 0.25) is 0 Å². The second-order valence-electron chi connectivity index (χ2n) is 6.14. The zero-order chi connectivity index (χ0) is 18.0. The van der Waals surface area contributed by atoms with Crippen LogP contribution >= 0.6 is 0 Å². The van der Waals surface area contributed by atoms with Gasteiger partial charge in [-0.05, 0) is 36.2 Å². The summed E-state index contributed by atoms with van der Waals surface area (Å²) in [5.74, 6) is -3.74. The van der Waals surface area contributed by atoms with E-state index in [1.165, 1.54) is 0 Å². The summed E-state index contributed by atoms with van der Waals surface area (Å²) in [5.41, 5.74) is -0.271. The molecule has 0 atom stereocenters. The highest BCUT2D eigenvalue weighted by molar-refractivity contribution is 5.65. The summed E-state index contributed by atoms with van der Waals surface area (Å²) in [6.07, 6.45) is 1.13. The molecule has 6 heteroatoms. The molecule has 0 N–H and O–H groups in total. The zero-order valence-corrected chi connectivity index (χ0v) is 13.7. The summed E-state index contributed by atoms with van der Waals surface area (Å²) < 4.78 is 66.3. The summed E-state index contributed by atoms with van der Waals surface area (Å²) >= 11 is 0. The van der Waals surface area contributed by atoms with Crippen LogP contribution < -0.4 is 0 Å². The SMILES string of the molecule is CCCC1COC(c2cc(F)c(-c3ccc(F)c(F)c3)c(F)c2)OC1. The quantitative estimate of drug-likeness (QED) is 0.687. The minimum atomic E-state index is -1.17. The number of benzene rings is 2. The average molecular weight is 354 g/mol. The van der Waals surface area contributed by atoms with Gasteiger partial charge >= 0.3 is 0 Å². The molecule has 0 unspecified atom stereocenters. The van der Waals surface area contributed by atoms with Crippen LogP contribution in [-0.2, 0) is 9.47 Å². The van der Waals surface area contributed by atoms with Crippen LogP contribution in [0.3, 0.4) is 0 Å². The Kier molecular flexibility index (Phi) is 5.39. The number of hydrogen-bond acceptors (Lipinski definition) is 2. The average Bonchev–Trinajstić information content (AvgIpc) is 2.58. The summed E-state index contributed by atoms with van der Waals surface area (Å²) in [6.45, 7) is 2.99. The monoisotopic (exact) mass is 354 g/mol. The Balaban J connectivity index is 1.84. The van der Waals surface area contributed by atoms with Crippen molar-refractivity contribution in [1.29, 1.82) is 0 Å². The summed E-state index contributed by atoms with van der Waals surface area (Å²) in [6, 6.07) is 4.93. The fourth-order valence-corrected chi connectivity index (χ4v) is 2.97. The first-order valence-corrected chi connectivity index (χ1v) is 8.17. The van der Waals surface area contributed by atoms with E-state index in [-0.39, 0.29) is 17.0 Å². The molecule has 0 saturated carbocycles. The third kappa shape index (κ3) is 3.85. The molecule has 0 bridgehead atoms. The van der Waals surface area contributed by atoms with E-state index < -0.39 is 35.1 Å². The van der Waals surface area contributed by atoms with Gasteiger partial charge in [0.25, 0.3) is 0 Å². The van der Waals surface area contributed by atoms with Gasteiger partial charge in [0.1, 0.15) is 11.6 Å². The molecule has 1 aliphatic heterocycles. The van der Waals surface area contributed by atoms with Crippen LogP contribution in [0, 0.1) is 29.2 Å². The highest BCUT2D eigenvalue weighted by atomic mass is 19.2. The Morgan fingerprint density at radius 2 is 1.52 bits per heavy atom. The third-order valence-electron chi connectivity index (χ3n) is 4.21. The van der Waals surface area contributed by atoms with Crippen molar-refractivity contribution in [3.63, 3.8) is 0 Å². The summed E-state index contributed by atoms with van der Waals surface area (Å²) in [4.78, 5) is 0. The van der Waals surface area contributed by atoms with Gasteiger partial charge in [0.15, 0.2) is 17.9 Å². The van der Waals surface area contributed by atoms with Crippen molar-refractivity contribution in [2.45, 2.75) is 26.1 Å². The van der Waals surface area contributed by atoms with Crippen molar-refractivity contribution in [3.05, 3.63) is 59.2 Å². The largest absolute Gasteiger partial charge is 0.348 e. The van der Waals surface area contributed by atoms with E-state index in [0.717, 1.165) is 43.2 Å².